The lowest BCUT2D eigenvalue weighted by molar-refractivity contribution is 0.223. The largest absolute Gasteiger partial charge is 0.489 e. The van der Waals surface area contributed by atoms with Gasteiger partial charge in [0.05, 0.1) is 29.3 Å². The highest BCUT2D eigenvalue weighted by atomic mass is 35.5. The number of pyridine rings is 1. The quantitative estimate of drug-likeness (QED) is 0.580. The summed E-state index contributed by atoms with van der Waals surface area (Å²) in [6.45, 7) is 5.74. The van der Waals surface area contributed by atoms with Gasteiger partial charge in [0.25, 0.3) is 0 Å². The molecule has 0 saturated heterocycles. The van der Waals surface area contributed by atoms with Crippen molar-refractivity contribution in [2.24, 2.45) is 0 Å². The molecule has 0 bridgehead atoms. The highest BCUT2D eigenvalue weighted by molar-refractivity contribution is 6.30. The van der Waals surface area contributed by atoms with Gasteiger partial charge in [-0.2, -0.15) is 0 Å². The minimum Gasteiger partial charge on any atom is -0.489 e. The molecular weight excluding hydrogens is 393 g/mol. The second kappa shape index (κ2) is 8.97. The van der Waals surface area contributed by atoms with Crippen molar-refractivity contribution in [2.75, 3.05) is 6.61 Å². The van der Waals surface area contributed by atoms with Crippen LogP contribution in [0.3, 0.4) is 0 Å². The maximum absolute atomic E-state index is 14.4. The number of nitrogens with zero attached hydrogens (tertiary/aromatic N) is 1. The van der Waals surface area contributed by atoms with Crippen molar-refractivity contribution in [3.8, 4) is 5.75 Å². The molecule has 0 amide bonds. The second-order valence-corrected chi connectivity index (χ2v) is 7.79. The van der Waals surface area contributed by atoms with E-state index in [0.717, 1.165) is 5.56 Å². The van der Waals surface area contributed by atoms with Crippen molar-refractivity contribution in [1.29, 1.82) is 0 Å². The molecule has 4 nitrogen and oxygen atoms in total. The number of halogens is 2. The van der Waals surface area contributed by atoms with E-state index in [1.54, 1.807) is 24.4 Å². The normalized spacial score (nSPS) is 12.5. The van der Waals surface area contributed by atoms with E-state index in [4.69, 9.17) is 16.3 Å². The van der Waals surface area contributed by atoms with Crippen LogP contribution in [0.1, 0.15) is 44.4 Å². The van der Waals surface area contributed by atoms with Crippen LogP contribution in [-0.4, -0.2) is 22.4 Å². The zero-order valence-corrected chi connectivity index (χ0v) is 17.5. The van der Waals surface area contributed by atoms with Gasteiger partial charge in [-0.3, -0.25) is 4.79 Å². The van der Waals surface area contributed by atoms with Crippen molar-refractivity contribution in [3.05, 3.63) is 74.8 Å². The van der Waals surface area contributed by atoms with Gasteiger partial charge in [0.15, 0.2) is 5.43 Å². The van der Waals surface area contributed by atoms with Gasteiger partial charge in [-0.15, -0.1) is 0 Å². The van der Waals surface area contributed by atoms with E-state index < -0.39 is 5.82 Å². The van der Waals surface area contributed by atoms with E-state index in [9.17, 15) is 14.3 Å². The Labute approximate surface area is 174 Å². The number of aromatic nitrogens is 1. The molecule has 1 N–H and O–H groups in total. The SMILES string of the molecule is CC[C@@H](CO)n1ccc(=O)c2cc(Cc3cccc(Cl)c3F)cc(OC(C)C)c21. The Hall–Kier alpha value is -2.37. The van der Waals surface area contributed by atoms with Crippen LogP contribution in [0.25, 0.3) is 10.9 Å². The average molecular weight is 418 g/mol. The summed E-state index contributed by atoms with van der Waals surface area (Å²) in [4.78, 5) is 12.7. The smallest absolute Gasteiger partial charge is 0.189 e. The van der Waals surface area contributed by atoms with Crippen LogP contribution in [0.15, 0.2) is 47.4 Å². The lowest BCUT2D eigenvalue weighted by Crippen LogP contribution is -2.18. The highest BCUT2D eigenvalue weighted by Crippen LogP contribution is 2.31. The van der Waals surface area contributed by atoms with E-state index in [-0.39, 0.29) is 35.6 Å². The zero-order chi connectivity index (χ0) is 21.1. The summed E-state index contributed by atoms with van der Waals surface area (Å²) in [6, 6.07) is 9.80. The van der Waals surface area contributed by atoms with Gasteiger partial charge in [-0.05, 0) is 49.6 Å². The number of aliphatic hydroxyl groups excluding tert-OH is 1. The Kier molecular flexibility index (Phi) is 6.60. The minimum atomic E-state index is -0.461. The zero-order valence-electron chi connectivity index (χ0n) is 16.8. The lowest BCUT2D eigenvalue weighted by Gasteiger charge is -2.23. The topological polar surface area (TPSA) is 51.5 Å². The summed E-state index contributed by atoms with van der Waals surface area (Å²) in [6.07, 6.45) is 2.56. The highest BCUT2D eigenvalue weighted by Gasteiger charge is 2.18. The molecule has 1 aromatic heterocycles. The van der Waals surface area contributed by atoms with Gasteiger partial charge in [0.2, 0.25) is 0 Å². The molecule has 0 fully saturated rings. The summed E-state index contributed by atoms with van der Waals surface area (Å²) in [5.74, 6) is 0.0805. The molecular formula is C23H25ClFNO3. The minimum absolute atomic E-state index is 0.0505. The Morgan fingerprint density at radius 2 is 2.00 bits per heavy atom. The maximum atomic E-state index is 14.4. The number of aliphatic hydroxyl groups is 1. The Morgan fingerprint density at radius 3 is 2.66 bits per heavy atom. The molecule has 29 heavy (non-hydrogen) atoms. The number of hydrogen-bond acceptors (Lipinski definition) is 3. The van der Waals surface area contributed by atoms with Gasteiger partial charge in [0.1, 0.15) is 11.6 Å². The molecule has 0 aliphatic carbocycles. The number of benzene rings is 2. The molecule has 0 unspecified atom stereocenters. The van der Waals surface area contributed by atoms with Gasteiger partial charge in [-0.25, -0.2) is 4.39 Å². The molecule has 0 spiro atoms. The van der Waals surface area contributed by atoms with E-state index in [0.29, 0.717) is 28.6 Å². The van der Waals surface area contributed by atoms with E-state index >= 15 is 0 Å². The number of hydrogen-bond donors (Lipinski definition) is 1. The van der Waals surface area contributed by atoms with Crippen LogP contribution >= 0.6 is 11.6 Å². The van der Waals surface area contributed by atoms with Gasteiger partial charge in [-0.1, -0.05) is 30.7 Å². The molecule has 3 aromatic rings. The number of fused-ring (bicyclic) bond motifs is 1. The van der Waals surface area contributed by atoms with Gasteiger partial charge >= 0.3 is 0 Å². The molecule has 3 rings (SSSR count). The first-order valence-corrected chi connectivity index (χ1v) is 10.1. The summed E-state index contributed by atoms with van der Waals surface area (Å²) >= 11 is 5.91. The molecule has 6 heteroatoms. The first-order valence-electron chi connectivity index (χ1n) is 9.73. The number of ether oxygens (including phenoxy) is 1. The van der Waals surface area contributed by atoms with Crippen LogP contribution in [0.4, 0.5) is 4.39 Å². The van der Waals surface area contributed by atoms with Gasteiger partial charge < -0.3 is 14.4 Å². The predicted octanol–water partition coefficient (Wildman–Crippen LogP) is 5.12. The van der Waals surface area contributed by atoms with E-state index in [2.05, 4.69) is 0 Å². The predicted molar refractivity (Wildman–Crippen MR) is 115 cm³/mol. The Morgan fingerprint density at radius 1 is 1.24 bits per heavy atom. The van der Waals surface area contributed by atoms with E-state index in [1.807, 2.05) is 31.4 Å². The Bertz CT molecular complexity index is 1070. The molecule has 1 heterocycles. The van der Waals surface area contributed by atoms with Crippen molar-refractivity contribution < 1.29 is 14.2 Å². The van der Waals surface area contributed by atoms with Crippen molar-refractivity contribution in [2.45, 2.75) is 45.8 Å². The fourth-order valence-electron chi connectivity index (χ4n) is 3.50. The molecule has 0 saturated carbocycles. The van der Waals surface area contributed by atoms with Crippen LogP contribution in [-0.2, 0) is 6.42 Å². The summed E-state index contributed by atoms with van der Waals surface area (Å²) in [7, 11) is 0. The monoisotopic (exact) mass is 417 g/mol. The molecule has 0 aliphatic rings. The third-order valence-corrected chi connectivity index (χ3v) is 5.20. The third-order valence-electron chi connectivity index (χ3n) is 4.91. The third kappa shape index (κ3) is 4.46. The first kappa shape index (κ1) is 21.3. The summed E-state index contributed by atoms with van der Waals surface area (Å²) < 4.78 is 22.3. The molecule has 154 valence electrons. The first-order chi connectivity index (χ1) is 13.8. The maximum Gasteiger partial charge on any atom is 0.189 e. The van der Waals surface area contributed by atoms with E-state index in [1.165, 1.54) is 12.1 Å². The second-order valence-electron chi connectivity index (χ2n) is 7.38. The lowest BCUT2D eigenvalue weighted by atomic mass is 10.0. The van der Waals surface area contributed by atoms with Crippen molar-refractivity contribution in [1.82, 2.24) is 4.57 Å². The van der Waals surface area contributed by atoms with Crippen molar-refractivity contribution >= 4 is 22.5 Å². The summed E-state index contributed by atoms with van der Waals surface area (Å²) in [5, 5.41) is 10.3. The fourth-order valence-corrected chi connectivity index (χ4v) is 3.69. The fraction of sp³-hybridized carbons (Fsp3) is 0.348. The van der Waals surface area contributed by atoms with Crippen LogP contribution in [0.5, 0.6) is 5.75 Å². The molecule has 0 aliphatic heterocycles. The van der Waals surface area contributed by atoms with Crippen LogP contribution in [0, 0.1) is 5.82 Å². The van der Waals surface area contributed by atoms with Gasteiger partial charge in [0, 0.05) is 24.1 Å². The van der Waals surface area contributed by atoms with Crippen LogP contribution < -0.4 is 10.2 Å². The van der Waals surface area contributed by atoms with Crippen LogP contribution in [0.2, 0.25) is 5.02 Å². The molecule has 2 aromatic carbocycles. The Balaban J connectivity index is 2.23. The molecule has 0 radical (unpaired) electrons. The average Bonchev–Trinajstić information content (AvgIpc) is 2.68. The summed E-state index contributed by atoms with van der Waals surface area (Å²) in [5.41, 5.74) is 1.69. The van der Waals surface area contributed by atoms with Crippen molar-refractivity contribution in [3.63, 3.8) is 0 Å². The standard InChI is InChI=1S/C23H25ClFNO3/c1-4-17(13-27)26-9-8-20(28)18-11-15(12-21(23(18)26)29-14(2)3)10-16-6-5-7-19(24)22(16)25/h5-9,11-12,14,17,27H,4,10,13H2,1-3H3/t17-/m0/s1. The molecule has 1 atom stereocenters. The number of rotatable bonds is 7.